The molecule has 0 radical (unpaired) electrons. The summed E-state index contributed by atoms with van der Waals surface area (Å²) in [5.41, 5.74) is 2.12. The Balaban J connectivity index is 1.54. The van der Waals surface area contributed by atoms with Crippen LogP contribution in [0.15, 0.2) is 47.3 Å². The molecule has 0 unspecified atom stereocenters. The van der Waals surface area contributed by atoms with Crippen molar-refractivity contribution in [1.29, 1.82) is 0 Å². The smallest absolute Gasteiger partial charge is 0.250 e. The molecule has 2 aliphatic rings. The van der Waals surface area contributed by atoms with E-state index in [0.717, 1.165) is 43.2 Å². The molecule has 1 saturated heterocycles. The molecule has 0 aliphatic carbocycles. The van der Waals surface area contributed by atoms with E-state index in [1.54, 1.807) is 13.2 Å². The molecule has 2 aromatic rings. The largest absolute Gasteiger partial charge is 0.495 e. The monoisotopic (exact) mass is 355 g/mol. The predicted octanol–water partition coefficient (Wildman–Crippen LogP) is 2.67. The summed E-state index contributed by atoms with van der Waals surface area (Å²) >= 11 is 5.66. The van der Waals surface area contributed by atoms with Gasteiger partial charge >= 0.3 is 0 Å². The summed E-state index contributed by atoms with van der Waals surface area (Å²) in [6.45, 7) is 2.48. The summed E-state index contributed by atoms with van der Waals surface area (Å²) in [4.78, 5) is 14.3. The molecule has 1 aromatic carbocycles. The summed E-state index contributed by atoms with van der Waals surface area (Å²) < 4.78 is 7.33. The van der Waals surface area contributed by atoms with Gasteiger partial charge < -0.3 is 19.5 Å². The first-order valence-corrected chi connectivity index (χ1v) is 8.95. The van der Waals surface area contributed by atoms with E-state index in [1.807, 2.05) is 34.9 Å². The molecule has 1 N–H and O–H groups in total. The normalized spacial score (nSPS) is 21.4. The molecule has 1 fully saturated rings. The number of aromatic nitrogens is 1. The number of thiocarbonyl (C=S) groups is 1. The van der Waals surface area contributed by atoms with Crippen LogP contribution in [0.3, 0.4) is 0 Å². The Bertz CT molecular complexity index is 864. The molecule has 130 valence electrons. The maximum atomic E-state index is 12.1. The summed E-state index contributed by atoms with van der Waals surface area (Å²) in [5, 5.41) is 4.03. The third-order valence-electron chi connectivity index (χ3n) is 5.12. The highest BCUT2D eigenvalue weighted by Gasteiger charge is 2.35. The molecular weight excluding hydrogens is 334 g/mol. The van der Waals surface area contributed by atoms with Gasteiger partial charge in [-0.25, -0.2) is 0 Å². The molecule has 3 heterocycles. The minimum absolute atomic E-state index is 0.107. The zero-order valence-corrected chi connectivity index (χ0v) is 15.0. The lowest BCUT2D eigenvalue weighted by Crippen LogP contribution is -2.50. The molecule has 6 heteroatoms. The second kappa shape index (κ2) is 6.52. The van der Waals surface area contributed by atoms with Gasteiger partial charge in [0.25, 0.3) is 5.56 Å². The number of anilines is 1. The Morgan fingerprint density at radius 2 is 2.00 bits per heavy atom. The number of nitrogens with zero attached hydrogens (tertiary/aromatic N) is 2. The van der Waals surface area contributed by atoms with Crippen LogP contribution in [0.25, 0.3) is 0 Å². The van der Waals surface area contributed by atoms with Crippen molar-refractivity contribution in [3.05, 3.63) is 58.5 Å². The zero-order valence-electron chi connectivity index (χ0n) is 14.1. The minimum Gasteiger partial charge on any atom is -0.495 e. The van der Waals surface area contributed by atoms with Gasteiger partial charge in [0.2, 0.25) is 0 Å². The lowest BCUT2D eigenvalue weighted by Gasteiger charge is -2.43. The van der Waals surface area contributed by atoms with E-state index in [1.165, 1.54) is 0 Å². The number of nitrogens with one attached hydrogen (secondary N) is 1. The highest BCUT2D eigenvalue weighted by Crippen LogP contribution is 2.35. The van der Waals surface area contributed by atoms with Gasteiger partial charge in [-0.2, -0.15) is 0 Å². The first kappa shape index (κ1) is 16.1. The Labute approximate surface area is 152 Å². The quantitative estimate of drug-likeness (QED) is 0.840. The number of para-hydroxylation sites is 2. The van der Waals surface area contributed by atoms with Gasteiger partial charge in [-0.05, 0) is 42.8 Å². The summed E-state index contributed by atoms with van der Waals surface area (Å²) in [6.07, 6.45) is 1.12. The fourth-order valence-electron chi connectivity index (χ4n) is 4.00. The SMILES string of the molecule is COc1ccccc1NC(=S)N1C[C@@H]2C[C@H](C1)c1cccc(=O)n1C2. The van der Waals surface area contributed by atoms with Crippen molar-refractivity contribution in [2.75, 3.05) is 25.5 Å². The molecule has 25 heavy (non-hydrogen) atoms. The van der Waals surface area contributed by atoms with Gasteiger partial charge in [0.15, 0.2) is 5.11 Å². The van der Waals surface area contributed by atoms with Crippen molar-refractivity contribution < 1.29 is 4.74 Å². The van der Waals surface area contributed by atoms with Crippen LogP contribution < -0.4 is 15.6 Å². The Kier molecular flexibility index (Phi) is 4.21. The van der Waals surface area contributed by atoms with Crippen molar-refractivity contribution in [2.45, 2.75) is 18.9 Å². The second-order valence-corrected chi connectivity index (χ2v) is 7.12. The molecule has 2 atom stereocenters. The van der Waals surface area contributed by atoms with E-state index in [-0.39, 0.29) is 5.56 Å². The van der Waals surface area contributed by atoms with Crippen molar-refractivity contribution in [2.24, 2.45) is 5.92 Å². The van der Waals surface area contributed by atoms with Gasteiger partial charge in [-0.1, -0.05) is 18.2 Å². The maximum Gasteiger partial charge on any atom is 0.250 e. The standard InChI is InChI=1S/C19H21N3O2S/c1-24-17-7-3-2-5-15(17)20-19(25)21-10-13-9-14(12-21)16-6-4-8-18(23)22(16)11-13/h2-8,13-14H,9-12H2,1H3,(H,20,25)/t13-,14+/m0/s1. The summed E-state index contributed by atoms with van der Waals surface area (Å²) in [6, 6.07) is 13.4. The number of ether oxygens (including phenoxy) is 1. The number of fused-ring (bicyclic) bond motifs is 4. The summed E-state index contributed by atoms with van der Waals surface area (Å²) in [7, 11) is 1.66. The average Bonchev–Trinajstić information content (AvgIpc) is 2.63. The molecule has 2 bridgehead atoms. The molecule has 5 nitrogen and oxygen atoms in total. The minimum atomic E-state index is 0.107. The van der Waals surface area contributed by atoms with Crippen molar-refractivity contribution in [1.82, 2.24) is 9.47 Å². The molecule has 1 aromatic heterocycles. The third kappa shape index (κ3) is 3.02. The van der Waals surface area contributed by atoms with E-state index in [2.05, 4.69) is 16.3 Å². The van der Waals surface area contributed by atoms with Crippen LogP contribution in [0, 0.1) is 5.92 Å². The Morgan fingerprint density at radius 3 is 2.84 bits per heavy atom. The number of rotatable bonds is 2. The lowest BCUT2D eigenvalue weighted by atomic mass is 9.83. The number of hydrogen-bond acceptors (Lipinski definition) is 3. The topological polar surface area (TPSA) is 46.5 Å². The van der Waals surface area contributed by atoms with Crippen LogP contribution in [0.4, 0.5) is 5.69 Å². The van der Waals surface area contributed by atoms with Crippen molar-refractivity contribution >= 4 is 23.0 Å². The maximum absolute atomic E-state index is 12.1. The number of hydrogen-bond donors (Lipinski definition) is 1. The highest BCUT2D eigenvalue weighted by atomic mass is 32.1. The molecule has 0 saturated carbocycles. The van der Waals surface area contributed by atoms with E-state index >= 15 is 0 Å². The van der Waals surface area contributed by atoms with Gasteiger partial charge in [0.1, 0.15) is 5.75 Å². The van der Waals surface area contributed by atoms with Crippen LogP contribution in [0.5, 0.6) is 5.75 Å². The van der Waals surface area contributed by atoms with Gasteiger partial charge in [-0.15, -0.1) is 0 Å². The highest BCUT2D eigenvalue weighted by molar-refractivity contribution is 7.80. The van der Waals surface area contributed by atoms with Crippen LogP contribution in [-0.4, -0.2) is 34.8 Å². The van der Waals surface area contributed by atoms with E-state index < -0.39 is 0 Å². The van der Waals surface area contributed by atoms with Gasteiger partial charge in [0.05, 0.1) is 12.8 Å². The Hall–Kier alpha value is -2.34. The number of piperidine rings is 1. The predicted molar refractivity (Wildman–Crippen MR) is 102 cm³/mol. The van der Waals surface area contributed by atoms with Gasteiger partial charge in [0, 0.05) is 37.3 Å². The molecule has 2 aliphatic heterocycles. The summed E-state index contributed by atoms with van der Waals surface area (Å²) in [5.74, 6) is 1.57. The molecule has 4 rings (SSSR count). The molecule has 0 amide bonds. The molecular formula is C19H21N3O2S. The number of likely N-dealkylation sites (tertiary alicyclic amines) is 1. The number of benzene rings is 1. The first-order chi connectivity index (χ1) is 12.2. The van der Waals surface area contributed by atoms with Crippen LogP contribution in [0.2, 0.25) is 0 Å². The van der Waals surface area contributed by atoms with E-state index in [9.17, 15) is 4.79 Å². The van der Waals surface area contributed by atoms with E-state index in [4.69, 9.17) is 17.0 Å². The fourth-order valence-corrected chi connectivity index (χ4v) is 4.26. The zero-order chi connectivity index (χ0) is 17.4. The Morgan fingerprint density at radius 1 is 1.16 bits per heavy atom. The van der Waals surface area contributed by atoms with Crippen molar-refractivity contribution in [3.8, 4) is 5.75 Å². The number of pyridine rings is 1. The van der Waals surface area contributed by atoms with Crippen LogP contribution in [0.1, 0.15) is 18.0 Å². The molecule has 0 spiro atoms. The van der Waals surface area contributed by atoms with Crippen molar-refractivity contribution in [3.63, 3.8) is 0 Å². The average molecular weight is 355 g/mol. The van der Waals surface area contributed by atoms with Gasteiger partial charge in [-0.3, -0.25) is 4.79 Å². The van der Waals surface area contributed by atoms with E-state index in [0.29, 0.717) is 16.9 Å². The van der Waals surface area contributed by atoms with Crippen LogP contribution >= 0.6 is 12.2 Å². The number of methoxy groups -OCH3 is 1. The first-order valence-electron chi connectivity index (χ1n) is 8.54. The fraction of sp³-hybridized carbons (Fsp3) is 0.368. The lowest BCUT2D eigenvalue weighted by molar-refractivity contribution is 0.180. The van der Waals surface area contributed by atoms with Crippen LogP contribution in [-0.2, 0) is 6.54 Å². The second-order valence-electron chi connectivity index (χ2n) is 6.73. The third-order valence-corrected chi connectivity index (χ3v) is 5.48.